The standard InChI is InChI=1S/C24H18ClN5O3S/c1-30-14-17(12-28-30)16-10-21-22(13-27-24(21)26-11-16)23(31)15-3-2-4-19(9-15)29-34(32,33)20-7-5-18(25)6-8-20/h2-14,29H,1H3,(H,26,27). The number of H-pyrrole nitrogens is 1. The normalized spacial score (nSPS) is 11.6. The van der Waals surface area contributed by atoms with Crippen LogP contribution >= 0.6 is 11.6 Å². The summed E-state index contributed by atoms with van der Waals surface area (Å²) in [5.41, 5.74) is 3.34. The summed E-state index contributed by atoms with van der Waals surface area (Å²) >= 11 is 5.85. The van der Waals surface area contributed by atoms with Gasteiger partial charge in [0, 0.05) is 64.0 Å². The quantitative estimate of drug-likeness (QED) is 0.336. The van der Waals surface area contributed by atoms with E-state index in [1.165, 1.54) is 30.3 Å². The zero-order valence-corrected chi connectivity index (χ0v) is 19.4. The second kappa shape index (κ2) is 8.44. The molecule has 2 N–H and O–H groups in total. The lowest BCUT2D eigenvalue weighted by molar-refractivity contribution is 0.104. The van der Waals surface area contributed by atoms with Gasteiger partial charge < -0.3 is 4.98 Å². The van der Waals surface area contributed by atoms with Crippen molar-refractivity contribution in [3.63, 3.8) is 0 Å². The van der Waals surface area contributed by atoms with E-state index in [-0.39, 0.29) is 16.4 Å². The largest absolute Gasteiger partial charge is 0.345 e. The first kappa shape index (κ1) is 21.9. The minimum atomic E-state index is -3.84. The van der Waals surface area contributed by atoms with E-state index in [2.05, 4.69) is 19.8 Å². The summed E-state index contributed by atoms with van der Waals surface area (Å²) < 4.78 is 29.6. The minimum Gasteiger partial charge on any atom is -0.345 e. The number of aromatic amines is 1. The number of fused-ring (bicyclic) bond motifs is 1. The van der Waals surface area contributed by atoms with Crippen molar-refractivity contribution in [3.8, 4) is 11.1 Å². The topological polar surface area (TPSA) is 110 Å². The van der Waals surface area contributed by atoms with Crippen molar-refractivity contribution in [2.45, 2.75) is 4.90 Å². The molecule has 0 aliphatic heterocycles. The summed E-state index contributed by atoms with van der Waals surface area (Å²) in [6, 6.07) is 14.1. The van der Waals surface area contributed by atoms with Gasteiger partial charge in [0.15, 0.2) is 5.78 Å². The molecule has 8 nitrogen and oxygen atoms in total. The first-order valence-electron chi connectivity index (χ1n) is 10.2. The molecule has 5 aromatic rings. The second-order valence-corrected chi connectivity index (χ2v) is 9.81. The van der Waals surface area contributed by atoms with Gasteiger partial charge in [-0.3, -0.25) is 14.2 Å². The van der Waals surface area contributed by atoms with Gasteiger partial charge in [-0.05, 0) is 42.5 Å². The van der Waals surface area contributed by atoms with Crippen molar-refractivity contribution < 1.29 is 13.2 Å². The Labute approximate surface area is 200 Å². The molecule has 0 aliphatic rings. The minimum absolute atomic E-state index is 0.0688. The van der Waals surface area contributed by atoms with Gasteiger partial charge in [0.1, 0.15) is 5.65 Å². The van der Waals surface area contributed by atoms with Crippen molar-refractivity contribution in [3.05, 3.63) is 95.5 Å². The Morgan fingerprint density at radius 2 is 1.85 bits per heavy atom. The Bertz CT molecular complexity index is 1640. The molecule has 0 bridgehead atoms. The van der Waals surface area contributed by atoms with Crippen LogP contribution in [0.4, 0.5) is 5.69 Å². The maximum atomic E-state index is 13.3. The number of anilines is 1. The summed E-state index contributed by atoms with van der Waals surface area (Å²) in [5.74, 6) is -0.260. The fourth-order valence-corrected chi connectivity index (χ4v) is 4.80. The fourth-order valence-electron chi connectivity index (χ4n) is 3.63. The molecule has 0 saturated carbocycles. The highest BCUT2D eigenvalue weighted by atomic mass is 35.5. The zero-order chi connectivity index (χ0) is 23.9. The Balaban J connectivity index is 1.46. The van der Waals surface area contributed by atoms with E-state index in [0.717, 1.165) is 11.1 Å². The summed E-state index contributed by atoms with van der Waals surface area (Å²) in [6.45, 7) is 0. The number of ketones is 1. The SMILES string of the molecule is Cn1cc(-c2cnc3[nH]cc(C(=O)c4cccc(NS(=O)(=O)c5ccc(Cl)cc5)c4)c3c2)cn1. The van der Waals surface area contributed by atoms with Crippen molar-refractivity contribution >= 4 is 44.1 Å². The van der Waals surface area contributed by atoms with E-state index >= 15 is 0 Å². The van der Waals surface area contributed by atoms with Crippen LogP contribution in [0.15, 0.2) is 84.3 Å². The molecule has 0 fully saturated rings. The molecule has 0 amide bonds. The number of hydrogen-bond donors (Lipinski definition) is 2. The number of halogens is 1. The highest BCUT2D eigenvalue weighted by molar-refractivity contribution is 7.92. The summed E-state index contributed by atoms with van der Waals surface area (Å²) in [4.78, 5) is 20.9. The zero-order valence-electron chi connectivity index (χ0n) is 17.9. The van der Waals surface area contributed by atoms with Crippen molar-refractivity contribution in [1.29, 1.82) is 0 Å². The molecule has 3 heterocycles. The first-order valence-corrected chi connectivity index (χ1v) is 12.1. The van der Waals surface area contributed by atoms with Crippen molar-refractivity contribution in [1.82, 2.24) is 19.7 Å². The molecule has 0 atom stereocenters. The van der Waals surface area contributed by atoms with E-state index < -0.39 is 10.0 Å². The van der Waals surface area contributed by atoms with E-state index in [9.17, 15) is 13.2 Å². The molecule has 170 valence electrons. The lowest BCUT2D eigenvalue weighted by atomic mass is 10.0. The maximum Gasteiger partial charge on any atom is 0.261 e. The number of hydrogen-bond acceptors (Lipinski definition) is 5. The van der Waals surface area contributed by atoms with Crippen LogP contribution in [0, 0.1) is 0 Å². The van der Waals surface area contributed by atoms with Crippen LogP contribution in [0.3, 0.4) is 0 Å². The summed E-state index contributed by atoms with van der Waals surface area (Å²) in [7, 11) is -2.01. The van der Waals surface area contributed by atoms with Gasteiger partial charge >= 0.3 is 0 Å². The molecule has 10 heteroatoms. The molecule has 0 saturated heterocycles. The molecule has 0 unspecified atom stereocenters. The number of benzene rings is 2. The van der Waals surface area contributed by atoms with Crippen LogP contribution < -0.4 is 4.72 Å². The van der Waals surface area contributed by atoms with Crippen LogP contribution in [0.25, 0.3) is 22.2 Å². The van der Waals surface area contributed by atoms with Crippen molar-refractivity contribution in [2.75, 3.05) is 4.72 Å². The third-order valence-corrected chi connectivity index (χ3v) is 6.96. The molecule has 0 radical (unpaired) electrons. The number of carbonyl (C=O) groups is 1. The van der Waals surface area contributed by atoms with Crippen LogP contribution in [-0.2, 0) is 17.1 Å². The molecular weight excluding hydrogens is 474 g/mol. The smallest absolute Gasteiger partial charge is 0.261 e. The average Bonchev–Trinajstić information content (AvgIpc) is 3.44. The van der Waals surface area contributed by atoms with Crippen LogP contribution in [0.5, 0.6) is 0 Å². The highest BCUT2D eigenvalue weighted by Crippen LogP contribution is 2.27. The molecule has 5 rings (SSSR count). The predicted octanol–water partition coefficient (Wildman–Crippen LogP) is 4.65. The van der Waals surface area contributed by atoms with Crippen LogP contribution in [-0.4, -0.2) is 33.9 Å². The number of aryl methyl sites for hydroxylation is 1. The Kier molecular flexibility index (Phi) is 5.43. The van der Waals surface area contributed by atoms with Gasteiger partial charge in [-0.25, -0.2) is 13.4 Å². The predicted molar refractivity (Wildman–Crippen MR) is 130 cm³/mol. The Morgan fingerprint density at radius 1 is 1.06 bits per heavy atom. The number of carbonyl (C=O) groups excluding carboxylic acids is 1. The fraction of sp³-hybridized carbons (Fsp3) is 0.0417. The molecule has 3 aromatic heterocycles. The van der Waals surface area contributed by atoms with Gasteiger partial charge in [0.25, 0.3) is 10.0 Å². The van der Waals surface area contributed by atoms with Gasteiger partial charge in [0.2, 0.25) is 0 Å². The van der Waals surface area contributed by atoms with Gasteiger partial charge in [-0.15, -0.1) is 0 Å². The number of rotatable bonds is 6. The van der Waals surface area contributed by atoms with Gasteiger partial charge in [0.05, 0.1) is 11.1 Å². The number of aromatic nitrogens is 4. The molecule has 0 spiro atoms. The summed E-state index contributed by atoms with van der Waals surface area (Å²) in [5, 5.41) is 5.28. The maximum absolute atomic E-state index is 13.3. The van der Waals surface area contributed by atoms with Crippen LogP contribution in [0.1, 0.15) is 15.9 Å². The third kappa shape index (κ3) is 4.18. The van der Waals surface area contributed by atoms with E-state index in [1.807, 2.05) is 19.3 Å². The van der Waals surface area contributed by atoms with E-state index in [0.29, 0.717) is 27.2 Å². The molecule has 2 aromatic carbocycles. The lowest BCUT2D eigenvalue weighted by Gasteiger charge is -2.09. The van der Waals surface area contributed by atoms with Gasteiger partial charge in [-0.1, -0.05) is 23.7 Å². The number of sulfonamides is 1. The average molecular weight is 492 g/mol. The van der Waals surface area contributed by atoms with Crippen molar-refractivity contribution in [2.24, 2.45) is 7.05 Å². The first-order chi connectivity index (χ1) is 16.3. The molecule has 34 heavy (non-hydrogen) atoms. The summed E-state index contributed by atoms with van der Waals surface area (Å²) in [6.07, 6.45) is 6.92. The van der Waals surface area contributed by atoms with E-state index in [1.54, 1.807) is 41.5 Å². The highest BCUT2D eigenvalue weighted by Gasteiger charge is 2.18. The Morgan fingerprint density at radius 3 is 2.59 bits per heavy atom. The monoisotopic (exact) mass is 491 g/mol. The second-order valence-electron chi connectivity index (χ2n) is 7.69. The lowest BCUT2D eigenvalue weighted by Crippen LogP contribution is -2.13. The number of pyridine rings is 1. The molecule has 0 aliphatic carbocycles. The Hall–Kier alpha value is -3.95. The van der Waals surface area contributed by atoms with E-state index in [4.69, 9.17) is 11.6 Å². The number of nitrogens with one attached hydrogen (secondary N) is 2. The molecular formula is C24H18ClN5O3S. The number of nitrogens with zero attached hydrogens (tertiary/aromatic N) is 3. The third-order valence-electron chi connectivity index (χ3n) is 5.31. The van der Waals surface area contributed by atoms with Gasteiger partial charge in [-0.2, -0.15) is 5.10 Å². The van der Waals surface area contributed by atoms with Crippen LogP contribution in [0.2, 0.25) is 5.02 Å².